The summed E-state index contributed by atoms with van der Waals surface area (Å²) in [5, 5.41) is 0.255. The van der Waals surface area contributed by atoms with Crippen LogP contribution in [-0.2, 0) is 15.8 Å². The molecule has 0 saturated heterocycles. The number of hydrogen-bond donors (Lipinski definition) is 0. The van der Waals surface area contributed by atoms with Crippen molar-refractivity contribution in [1.29, 1.82) is 0 Å². The Kier molecular flexibility index (Phi) is 7.10. The molecule has 1 rings (SSSR count). The van der Waals surface area contributed by atoms with Gasteiger partial charge in [0.1, 0.15) is 5.75 Å². The Labute approximate surface area is 137 Å². The van der Waals surface area contributed by atoms with Crippen LogP contribution < -0.4 is 4.74 Å². The minimum absolute atomic E-state index is 0.247. The van der Waals surface area contributed by atoms with E-state index in [9.17, 15) is 0 Å². The Bertz CT molecular complexity index is 435. The summed E-state index contributed by atoms with van der Waals surface area (Å²) in [5.74, 6) is 0.875. The van der Waals surface area contributed by atoms with Gasteiger partial charge in [0.15, 0.2) is 8.32 Å². The standard InChI is InChI=1S/C18H32O3Si/c1-15(21-22(6,7)18(2,3)4)12-13-20-14-16-8-10-17(19-5)11-9-16/h8-11,15H,12-14H2,1-7H3. The van der Waals surface area contributed by atoms with Gasteiger partial charge in [-0.2, -0.15) is 0 Å². The van der Waals surface area contributed by atoms with Crippen LogP contribution in [-0.4, -0.2) is 28.1 Å². The van der Waals surface area contributed by atoms with Gasteiger partial charge in [0, 0.05) is 12.7 Å². The van der Waals surface area contributed by atoms with Crippen molar-refractivity contribution in [3.8, 4) is 5.75 Å². The lowest BCUT2D eigenvalue weighted by Crippen LogP contribution is -2.43. The van der Waals surface area contributed by atoms with Gasteiger partial charge in [-0.3, -0.25) is 0 Å². The predicted octanol–water partition coefficient (Wildman–Crippen LogP) is 5.01. The summed E-state index contributed by atoms with van der Waals surface area (Å²) in [6, 6.07) is 7.99. The second kappa shape index (κ2) is 8.13. The van der Waals surface area contributed by atoms with E-state index in [1.54, 1.807) is 7.11 Å². The molecule has 126 valence electrons. The lowest BCUT2D eigenvalue weighted by atomic mass is 10.2. The van der Waals surface area contributed by atoms with E-state index in [0.717, 1.165) is 18.8 Å². The molecule has 3 nitrogen and oxygen atoms in total. The van der Waals surface area contributed by atoms with Crippen molar-refractivity contribution in [2.75, 3.05) is 13.7 Å². The summed E-state index contributed by atoms with van der Waals surface area (Å²) < 4.78 is 17.2. The Morgan fingerprint density at radius 3 is 2.18 bits per heavy atom. The van der Waals surface area contributed by atoms with Crippen molar-refractivity contribution >= 4 is 8.32 Å². The summed E-state index contributed by atoms with van der Waals surface area (Å²) in [5.41, 5.74) is 1.17. The molecule has 0 aliphatic heterocycles. The molecule has 1 aromatic carbocycles. The van der Waals surface area contributed by atoms with Crippen LogP contribution >= 0.6 is 0 Å². The maximum Gasteiger partial charge on any atom is 0.192 e. The highest BCUT2D eigenvalue weighted by Crippen LogP contribution is 2.37. The molecule has 1 unspecified atom stereocenters. The maximum atomic E-state index is 6.33. The fourth-order valence-corrected chi connectivity index (χ4v) is 3.38. The van der Waals surface area contributed by atoms with Gasteiger partial charge in [-0.1, -0.05) is 32.9 Å². The van der Waals surface area contributed by atoms with E-state index < -0.39 is 8.32 Å². The summed E-state index contributed by atoms with van der Waals surface area (Å²) in [4.78, 5) is 0. The monoisotopic (exact) mass is 324 g/mol. The van der Waals surface area contributed by atoms with Crippen LogP contribution in [0.25, 0.3) is 0 Å². The van der Waals surface area contributed by atoms with Crippen LogP contribution in [0.4, 0.5) is 0 Å². The second-order valence-corrected chi connectivity index (χ2v) is 12.1. The molecule has 0 fully saturated rings. The first kappa shape index (κ1) is 19.2. The first-order chi connectivity index (χ1) is 10.2. The fourth-order valence-electron chi connectivity index (χ4n) is 1.90. The molecule has 0 saturated carbocycles. The zero-order valence-electron chi connectivity index (χ0n) is 15.2. The fraction of sp³-hybridized carbons (Fsp3) is 0.667. The van der Waals surface area contributed by atoms with E-state index in [1.807, 2.05) is 24.3 Å². The highest BCUT2D eigenvalue weighted by atomic mass is 28.4. The van der Waals surface area contributed by atoms with Crippen LogP contribution in [0.5, 0.6) is 5.75 Å². The third-order valence-corrected chi connectivity index (χ3v) is 9.00. The Balaban J connectivity index is 2.29. The third-order valence-electron chi connectivity index (χ3n) is 4.40. The van der Waals surface area contributed by atoms with E-state index >= 15 is 0 Å². The molecule has 0 aromatic heterocycles. The minimum atomic E-state index is -1.67. The van der Waals surface area contributed by atoms with Crippen LogP contribution in [0.3, 0.4) is 0 Å². The molecular weight excluding hydrogens is 292 g/mol. The predicted molar refractivity (Wildman–Crippen MR) is 95.0 cm³/mol. The van der Waals surface area contributed by atoms with Crippen LogP contribution in [0.2, 0.25) is 18.1 Å². The quantitative estimate of drug-likeness (QED) is 0.497. The van der Waals surface area contributed by atoms with E-state index in [-0.39, 0.29) is 11.1 Å². The highest BCUT2D eigenvalue weighted by molar-refractivity contribution is 6.74. The minimum Gasteiger partial charge on any atom is -0.497 e. The van der Waals surface area contributed by atoms with E-state index in [1.165, 1.54) is 5.56 Å². The molecule has 0 heterocycles. The summed E-state index contributed by atoms with van der Waals surface area (Å²) >= 11 is 0. The van der Waals surface area contributed by atoms with Gasteiger partial charge in [-0.25, -0.2) is 0 Å². The Morgan fingerprint density at radius 1 is 1.09 bits per heavy atom. The van der Waals surface area contributed by atoms with Gasteiger partial charge in [-0.15, -0.1) is 0 Å². The number of ether oxygens (including phenoxy) is 2. The van der Waals surface area contributed by atoms with Gasteiger partial charge in [-0.05, 0) is 49.2 Å². The SMILES string of the molecule is COc1ccc(COCCC(C)O[Si](C)(C)C(C)(C)C)cc1. The summed E-state index contributed by atoms with van der Waals surface area (Å²) in [7, 11) is 0.00378. The average molecular weight is 325 g/mol. The van der Waals surface area contributed by atoms with Crippen molar-refractivity contribution in [3.05, 3.63) is 29.8 Å². The van der Waals surface area contributed by atoms with Crippen molar-refractivity contribution in [2.45, 2.75) is 65.0 Å². The maximum absolute atomic E-state index is 6.33. The first-order valence-electron chi connectivity index (χ1n) is 8.04. The molecule has 1 aromatic rings. The van der Waals surface area contributed by atoms with E-state index in [2.05, 4.69) is 40.8 Å². The smallest absolute Gasteiger partial charge is 0.192 e. The second-order valence-electron chi connectivity index (χ2n) is 7.38. The molecule has 0 bridgehead atoms. The van der Waals surface area contributed by atoms with Crippen LogP contribution in [0.1, 0.15) is 39.7 Å². The van der Waals surface area contributed by atoms with Gasteiger partial charge in [0.05, 0.1) is 13.7 Å². The zero-order chi connectivity index (χ0) is 16.8. The average Bonchev–Trinajstić information content (AvgIpc) is 2.42. The number of hydrogen-bond acceptors (Lipinski definition) is 3. The Morgan fingerprint density at radius 2 is 1.68 bits per heavy atom. The van der Waals surface area contributed by atoms with Gasteiger partial charge in [0.2, 0.25) is 0 Å². The number of methoxy groups -OCH3 is 1. The number of benzene rings is 1. The highest BCUT2D eigenvalue weighted by Gasteiger charge is 2.38. The lowest BCUT2D eigenvalue weighted by molar-refractivity contribution is 0.0833. The molecular formula is C18H32O3Si. The van der Waals surface area contributed by atoms with Gasteiger partial charge < -0.3 is 13.9 Å². The molecule has 0 aliphatic rings. The topological polar surface area (TPSA) is 27.7 Å². The molecule has 0 aliphatic carbocycles. The van der Waals surface area contributed by atoms with Crippen LogP contribution in [0, 0.1) is 0 Å². The molecule has 1 atom stereocenters. The summed E-state index contributed by atoms with van der Waals surface area (Å²) in [6.45, 7) is 14.9. The molecule has 0 radical (unpaired) electrons. The van der Waals surface area contributed by atoms with Gasteiger partial charge in [0.25, 0.3) is 0 Å². The largest absolute Gasteiger partial charge is 0.497 e. The van der Waals surface area contributed by atoms with Crippen molar-refractivity contribution in [2.24, 2.45) is 0 Å². The molecule has 22 heavy (non-hydrogen) atoms. The normalized spacial score (nSPS) is 14.0. The third kappa shape index (κ3) is 6.11. The first-order valence-corrected chi connectivity index (χ1v) is 10.9. The molecule has 0 amide bonds. The van der Waals surface area contributed by atoms with Crippen molar-refractivity contribution in [1.82, 2.24) is 0 Å². The Hall–Kier alpha value is -0.843. The number of rotatable bonds is 8. The molecule has 4 heteroatoms. The van der Waals surface area contributed by atoms with Crippen molar-refractivity contribution < 1.29 is 13.9 Å². The van der Waals surface area contributed by atoms with E-state index in [4.69, 9.17) is 13.9 Å². The molecule has 0 N–H and O–H groups in total. The van der Waals surface area contributed by atoms with Gasteiger partial charge >= 0.3 is 0 Å². The lowest BCUT2D eigenvalue weighted by Gasteiger charge is -2.38. The zero-order valence-corrected chi connectivity index (χ0v) is 16.2. The van der Waals surface area contributed by atoms with Crippen molar-refractivity contribution in [3.63, 3.8) is 0 Å². The summed E-state index contributed by atoms with van der Waals surface area (Å²) in [6.07, 6.45) is 1.18. The van der Waals surface area contributed by atoms with Crippen LogP contribution in [0.15, 0.2) is 24.3 Å². The molecule has 0 spiro atoms. The van der Waals surface area contributed by atoms with E-state index in [0.29, 0.717) is 6.61 Å².